The van der Waals surface area contributed by atoms with Gasteiger partial charge in [0.1, 0.15) is 0 Å². The van der Waals surface area contributed by atoms with Crippen LogP contribution in [0.1, 0.15) is 25.7 Å². The predicted octanol–water partition coefficient (Wildman–Crippen LogP) is 1.63. The van der Waals surface area contributed by atoms with Gasteiger partial charge in [0.2, 0.25) is 5.91 Å². The fourth-order valence-electron chi connectivity index (χ4n) is 1.85. The molecule has 3 heteroatoms. The number of hydrogen-bond donors (Lipinski definition) is 0. The van der Waals surface area contributed by atoms with Crippen LogP contribution in [0.15, 0.2) is 0 Å². The normalized spacial score (nSPS) is 29.4. The molecule has 2 aliphatic rings. The molecule has 1 aliphatic heterocycles. The molecule has 0 unspecified atom stereocenters. The lowest BCUT2D eigenvalue weighted by Gasteiger charge is -2.22. The Bertz CT molecular complexity index is 191. The Balaban J connectivity index is 1.96. The summed E-state index contributed by atoms with van der Waals surface area (Å²) in [6, 6.07) is 0.333. The van der Waals surface area contributed by atoms with Gasteiger partial charge in [0.15, 0.2) is 0 Å². The standard InChI is InChI=1S/C9H14ClNO/c10-6-8-2-1-5-11(8)9(12)7-3-4-7/h7-8H,1-6H2/t8-/m1/s1. The molecule has 12 heavy (non-hydrogen) atoms. The highest BCUT2D eigenvalue weighted by Gasteiger charge is 2.37. The van der Waals surface area contributed by atoms with E-state index in [0.717, 1.165) is 32.2 Å². The van der Waals surface area contributed by atoms with E-state index in [0.29, 0.717) is 23.7 Å². The van der Waals surface area contributed by atoms with E-state index in [1.165, 1.54) is 0 Å². The van der Waals surface area contributed by atoms with Crippen molar-refractivity contribution < 1.29 is 4.79 Å². The summed E-state index contributed by atoms with van der Waals surface area (Å²) in [7, 11) is 0. The number of rotatable bonds is 2. The largest absolute Gasteiger partial charge is 0.338 e. The van der Waals surface area contributed by atoms with Crippen LogP contribution in [-0.2, 0) is 4.79 Å². The lowest BCUT2D eigenvalue weighted by atomic mass is 10.2. The zero-order valence-electron chi connectivity index (χ0n) is 7.13. The third kappa shape index (κ3) is 1.45. The molecule has 0 spiro atoms. The van der Waals surface area contributed by atoms with Crippen molar-refractivity contribution in [2.24, 2.45) is 5.92 Å². The van der Waals surface area contributed by atoms with Gasteiger partial charge in [-0.3, -0.25) is 4.79 Å². The van der Waals surface area contributed by atoms with Gasteiger partial charge in [-0.15, -0.1) is 11.6 Å². The Morgan fingerprint density at radius 2 is 2.17 bits per heavy atom. The Morgan fingerprint density at radius 1 is 1.42 bits per heavy atom. The van der Waals surface area contributed by atoms with Gasteiger partial charge in [0, 0.05) is 24.4 Å². The first-order chi connectivity index (χ1) is 5.83. The molecule has 2 rings (SSSR count). The number of nitrogens with zero attached hydrogens (tertiary/aromatic N) is 1. The van der Waals surface area contributed by atoms with E-state index in [-0.39, 0.29) is 0 Å². The number of likely N-dealkylation sites (tertiary alicyclic amines) is 1. The predicted molar refractivity (Wildman–Crippen MR) is 48.2 cm³/mol. The first-order valence-corrected chi connectivity index (χ1v) is 5.23. The van der Waals surface area contributed by atoms with E-state index in [4.69, 9.17) is 11.6 Å². The molecule has 1 heterocycles. The van der Waals surface area contributed by atoms with Crippen LogP contribution in [-0.4, -0.2) is 29.3 Å². The Kier molecular flexibility index (Phi) is 2.26. The molecule has 0 radical (unpaired) electrons. The highest BCUT2D eigenvalue weighted by atomic mass is 35.5. The summed E-state index contributed by atoms with van der Waals surface area (Å²) in [5.74, 6) is 1.32. The minimum Gasteiger partial charge on any atom is -0.338 e. The van der Waals surface area contributed by atoms with E-state index in [1.54, 1.807) is 0 Å². The molecule has 0 aromatic heterocycles. The summed E-state index contributed by atoms with van der Waals surface area (Å²) >= 11 is 5.78. The molecule has 1 saturated carbocycles. The van der Waals surface area contributed by atoms with E-state index in [9.17, 15) is 4.79 Å². The summed E-state index contributed by atoms with van der Waals surface area (Å²) < 4.78 is 0. The smallest absolute Gasteiger partial charge is 0.225 e. The van der Waals surface area contributed by atoms with Crippen LogP contribution in [0, 0.1) is 5.92 Å². The Morgan fingerprint density at radius 3 is 2.75 bits per heavy atom. The minimum atomic E-state index is 0.333. The highest BCUT2D eigenvalue weighted by Crippen LogP contribution is 2.33. The Labute approximate surface area is 77.9 Å². The quantitative estimate of drug-likeness (QED) is 0.602. The first kappa shape index (κ1) is 8.36. The molecule has 0 N–H and O–H groups in total. The van der Waals surface area contributed by atoms with Crippen molar-refractivity contribution in [3.8, 4) is 0 Å². The molecule has 0 bridgehead atoms. The lowest BCUT2D eigenvalue weighted by molar-refractivity contribution is -0.133. The average Bonchev–Trinajstić information content (AvgIpc) is 2.82. The molecule has 0 aromatic carbocycles. The highest BCUT2D eigenvalue weighted by molar-refractivity contribution is 6.18. The number of hydrogen-bond acceptors (Lipinski definition) is 1. The maximum absolute atomic E-state index is 11.6. The molecule has 68 valence electrons. The second-order valence-corrected chi connectivity index (χ2v) is 4.06. The molecule has 2 nitrogen and oxygen atoms in total. The van der Waals surface area contributed by atoms with Gasteiger partial charge in [-0.25, -0.2) is 0 Å². The number of carbonyl (C=O) groups is 1. The SMILES string of the molecule is O=C(C1CC1)N1CCC[C@@H]1CCl. The van der Waals surface area contributed by atoms with Crippen molar-refractivity contribution in [1.29, 1.82) is 0 Å². The van der Waals surface area contributed by atoms with E-state index < -0.39 is 0 Å². The molecule has 1 saturated heterocycles. The number of alkyl halides is 1. The summed E-state index contributed by atoms with van der Waals surface area (Å²) in [6.45, 7) is 0.937. The van der Waals surface area contributed by atoms with E-state index in [2.05, 4.69) is 0 Å². The molecule has 1 atom stereocenters. The first-order valence-electron chi connectivity index (χ1n) is 4.69. The van der Waals surface area contributed by atoms with Crippen molar-refractivity contribution in [2.75, 3.05) is 12.4 Å². The maximum atomic E-state index is 11.6. The van der Waals surface area contributed by atoms with Gasteiger partial charge in [-0.1, -0.05) is 0 Å². The minimum absolute atomic E-state index is 0.333. The topological polar surface area (TPSA) is 20.3 Å². The summed E-state index contributed by atoms with van der Waals surface area (Å²) in [5, 5.41) is 0. The van der Waals surface area contributed by atoms with Crippen molar-refractivity contribution in [3.05, 3.63) is 0 Å². The van der Waals surface area contributed by atoms with Crippen LogP contribution < -0.4 is 0 Å². The summed E-state index contributed by atoms with van der Waals surface area (Å²) in [4.78, 5) is 13.6. The van der Waals surface area contributed by atoms with Crippen LogP contribution in [0.2, 0.25) is 0 Å². The molecule has 0 aromatic rings. The van der Waals surface area contributed by atoms with Gasteiger partial charge >= 0.3 is 0 Å². The number of halogens is 1. The third-order valence-electron chi connectivity index (χ3n) is 2.76. The fourth-order valence-corrected chi connectivity index (χ4v) is 2.17. The van der Waals surface area contributed by atoms with Crippen LogP contribution in [0.5, 0.6) is 0 Å². The second kappa shape index (κ2) is 3.25. The molecular formula is C9H14ClNO. The zero-order chi connectivity index (χ0) is 8.55. The summed E-state index contributed by atoms with van der Waals surface area (Å²) in [6.07, 6.45) is 4.44. The van der Waals surface area contributed by atoms with Crippen LogP contribution in [0.3, 0.4) is 0 Å². The monoisotopic (exact) mass is 187 g/mol. The molecule has 1 amide bonds. The van der Waals surface area contributed by atoms with Gasteiger partial charge in [-0.2, -0.15) is 0 Å². The zero-order valence-corrected chi connectivity index (χ0v) is 7.89. The van der Waals surface area contributed by atoms with Gasteiger partial charge in [0.25, 0.3) is 0 Å². The number of amides is 1. The van der Waals surface area contributed by atoms with Gasteiger partial charge in [0.05, 0.1) is 0 Å². The van der Waals surface area contributed by atoms with Crippen molar-refractivity contribution in [1.82, 2.24) is 4.90 Å². The van der Waals surface area contributed by atoms with Gasteiger partial charge < -0.3 is 4.90 Å². The summed E-state index contributed by atoms with van der Waals surface area (Å²) in [5.41, 5.74) is 0. The lowest BCUT2D eigenvalue weighted by Crippen LogP contribution is -2.37. The van der Waals surface area contributed by atoms with Crippen molar-refractivity contribution >= 4 is 17.5 Å². The molecule has 1 aliphatic carbocycles. The maximum Gasteiger partial charge on any atom is 0.225 e. The van der Waals surface area contributed by atoms with Gasteiger partial charge in [-0.05, 0) is 25.7 Å². The van der Waals surface area contributed by atoms with Crippen LogP contribution in [0.25, 0.3) is 0 Å². The molecule has 2 fully saturated rings. The van der Waals surface area contributed by atoms with Crippen LogP contribution >= 0.6 is 11.6 Å². The van der Waals surface area contributed by atoms with Crippen molar-refractivity contribution in [2.45, 2.75) is 31.7 Å². The molecular weight excluding hydrogens is 174 g/mol. The third-order valence-corrected chi connectivity index (χ3v) is 3.12. The van der Waals surface area contributed by atoms with E-state index in [1.807, 2.05) is 4.90 Å². The van der Waals surface area contributed by atoms with E-state index >= 15 is 0 Å². The fraction of sp³-hybridized carbons (Fsp3) is 0.889. The van der Waals surface area contributed by atoms with Crippen molar-refractivity contribution in [3.63, 3.8) is 0 Å². The number of carbonyl (C=O) groups excluding carboxylic acids is 1. The van der Waals surface area contributed by atoms with Crippen LogP contribution in [0.4, 0.5) is 0 Å². The second-order valence-electron chi connectivity index (χ2n) is 3.76. The Hall–Kier alpha value is -0.240. The average molecular weight is 188 g/mol.